The van der Waals surface area contributed by atoms with Gasteiger partial charge in [-0.25, -0.2) is 0 Å². The number of rotatable bonds is 5. The normalized spacial score (nSPS) is 16.6. The number of hydrogen-bond donors (Lipinski definition) is 0. The molecule has 1 aromatic carbocycles. The fourth-order valence-corrected chi connectivity index (χ4v) is 3.31. The summed E-state index contributed by atoms with van der Waals surface area (Å²) in [6.07, 6.45) is 2.94. The molecule has 3 nitrogen and oxygen atoms in total. The van der Waals surface area contributed by atoms with Crippen LogP contribution in [0.4, 0.5) is 0 Å². The Morgan fingerprint density at radius 1 is 0.870 bits per heavy atom. The van der Waals surface area contributed by atoms with Crippen molar-refractivity contribution in [3.8, 4) is 0 Å². The first-order valence-corrected chi connectivity index (χ1v) is 8.62. The number of aromatic nitrogens is 1. The van der Waals surface area contributed by atoms with Crippen molar-refractivity contribution in [2.24, 2.45) is 0 Å². The van der Waals surface area contributed by atoms with Crippen LogP contribution in [-0.4, -0.2) is 47.5 Å². The second-order valence-electron chi connectivity index (χ2n) is 6.56. The molecular formula is C20H27N3. The Bertz CT molecular complexity index is 596. The maximum Gasteiger partial charge on any atom is 0.0416 e. The molecule has 0 spiro atoms. The van der Waals surface area contributed by atoms with E-state index in [-0.39, 0.29) is 0 Å². The van der Waals surface area contributed by atoms with E-state index in [4.69, 9.17) is 0 Å². The third-order valence-electron chi connectivity index (χ3n) is 4.90. The predicted molar refractivity (Wildman–Crippen MR) is 95.6 cm³/mol. The Hall–Kier alpha value is -1.71. The average Bonchev–Trinajstić information content (AvgIpc) is 2.58. The standard InChI is InChI=1S/C20H27N3/c1-17-6-5-7-18(2)20(17)16-23-14-12-22(13-15-23)11-9-19-8-3-4-10-21-19/h3-8,10H,9,11-16H2,1-2H3. The van der Waals surface area contributed by atoms with Gasteiger partial charge in [-0.1, -0.05) is 24.3 Å². The average molecular weight is 309 g/mol. The van der Waals surface area contributed by atoms with Crippen LogP contribution in [0.2, 0.25) is 0 Å². The largest absolute Gasteiger partial charge is 0.300 e. The molecule has 0 atom stereocenters. The molecule has 1 saturated heterocycles. The smallest absolute Gasteiger partial charge is 0.0416 e. The second kappa shape index (κ2) is 7.71. The van der Waals surface area contributed by atoms with Crippen molar-refractivity contribution in [2.45, 2.75) is 26.8 Å². The summed E-state index contributed by atoms with van der Waals surface area (Å²) < 4.78 is 0. The highest BCUT2D eigenvalue weighted by molar-refractivity contribution is 5.33. The molecule has 1 aliphatic heterocycles. The molecule has 3 heteroatoms. The van der Waals surface area contributed by atoms with Crippen molar-refractivity contribution < 1.29 is 0 Å². The summed E-state index contributed by atoms with van der Waals surface area (Å²) in [6, 6.07) is 12.8. The summed E-state index contributed by atoms with van der Waals surface area (Å²) in [4.78, 5) is 9.57. The third-order valence-corrected chi connectivity index (χ3v) is 4.90. The van der Waals surface area contributed by atoms with Crippen LogP contribution in [0.3, 0.4) is 0 Å². The first kappa shape index (κ1) is 16.2. The van der Waals surface area contributed by atoms with Gasteiger partial charge in [0.1, 0.15) is 0 Å². The van der Waals surface area contributed by atoms with Gasteiger partial charge in [0, 0.05) is 57.6 Å². The lowest BCUT2D eigenvalue weighted by Crippen LogP contribution is -2.46. The molecule has 1 fully saturated rings. The van der Waals surface area contributed by atoms with E-state index in [2.05, 4.69) is 59.0 Å². The number of benzene rings is 1. The zero-order valence-corrected chi connectivity index (χ0v) is 14.3. The highest BCUT2D eigenvalue weighted by atomic mass is 15.3. The Kier molecular flexibility index (Phi) is 5.42. The monoisotopic (exact) mass is 309 g/mol. The molecular weight excluding hydrogens is 282 g/mol. The summed E-state index contributed by atoms with van der Waals surface area (Å²) in [7, 11) is 0. The lowest BCUT2D eigenvalue weighted by Gasteiger charge is -2.35. The zero-order valence-electron chi connectivity index (χ0n) is 14.3. The van der Waals surface area contributed by atoms with Gasteiger partial charge >= 0.3 is 0 Å². The number of pyridine rings is 1. The van der Waals surface area contributed by atoms with E-state index < -0.39 is 0 Å². The van der Waals surface area contributed by atoms with Gasteiger partial charge in [0.2, 0.25) is 0 Å². The van der Waals surface area contributed by atoms with Crippen molar-refractivity contribution in [1.82, 2.24) is 14.8 Å². The van der Waals surface area contributed by atoms with Gasteiger partial charge in [0.15, 0.2) is 0 Å². The second-order valence-corrected chi connectivity index (χ2v) is 6.56. The van der Waals surface area contributed by atoms with Gasteiger partial charge in [0.25, 0.3) is 0 Å². The van der Waals surface area contributed by atoms with Crippen LogP contribution in [0.5, 0.6) is 0 Å². The molecule has 0 saturated carbocycles. The highest BCUT2D eigenvalue weighted by Crippen LogP contribution is 2.17. The highest BCUT2D eigenvalue weighted by Gasteiger charge is 2.17. The summed E-state index contributed by atoms with van der Waals surface area (Å²) in [6.45, 7) is 11.3. The Morgan fingerprint density at radius 2 is 1.57 bits per heavy atom. The van der Waals surface area contributed by atoms with Gasteiger partial charge in [0.05, 0.1) is 0 Å². The SMILES string of the molecule is Cc1cccc(C)c1CN1CCN(CCc2ccccn2)CC1. The van der Waals surface area contributed by atoms with E-state index in [1.165, 1.54) is 22.4 Å². The third kappa shape index (κ3) is 4.40. The fourth-order valence-electron chi connectivity index (χ4n) is 3.31. The molecule has 0 unspecified atom stereocenters. The summed E-state index contributed by atoms with van der Waals surface area (Å²) in [5.41, 5.74) is 5.55. The van der Waals surface area contributed by atoms with Crippen molar-refractivity contribution >= 4 is 0 Å². The maximum absolute atomic E-state index is 4.42. The molecule has 0 radical (unpaired) electrons. The van der Waals surface area contributed by atoms with E-state index in [0.29, 0.717) is 0 Å². The molecule has 0 aliphatic carbocycles. The zero-order chi connectivity index (χ0) is 16.1. The van der Waals surface area contributed by atoms with Crippen LogP contribution in [0.1, 0.15) is 22.4 Å². The van der Waals surface area contributed by atoms with Crippen LogP contribution in [-0.2, 0) is 13.0 Å². The molecule has 0 N–H and O–H groups in total. The molecule has 23 heavy (non-hydrogen) atoms. The minimum absolute atomic E-state index is 1.05. The molecule has 1 aliphatic rings. The lowest BCUT2D eigenvalue weighted by molar-refractivity contribution is 0.127. The lowest BCUT2D eigenvalue weighted by atomic mass is 10.0. The topological polar surface area (TPSA) is 19.4 Å². The minimum Gasteiger partial charge on any atom is -0.300 e. The molecule has 2 heterocycles. The van der Waals surface area contributed by atoms with E-state index in [0.717, 1.165) is 45.7 Å². The van der Waals surface area contributed by atoms with Gasteiger partial charge in [-0.3, -0.25) is 9.88 Å². The van der Waals surface area contributed by atoms with Crippen molar-refractivity contribution in [2.75, 3.05) is 32.7 Å². The Balaban J connectivity index is 1.47. The number of hydrogen-bond acceptors (Lipinski definition) is 3. The molecule has 3 rings (SSSR count). The number of aryl methyl sites for hydroxylation is 2. The predicted octanol–water partition coefficient (Wildman–Crippen LogP) is 3.06. The van der Waals surface area contributed by atoms with Crippen LogP contribution in [0, 0.1) is 13.8 Å². The number of piperazine rings is 1. The van der Waals surface area contributed by atoms with Crippen molar-refractivity contribution in [3.63, 3.8) is 0 Å². The van der Waals surface area contributed by atoms with E-state index in [9.17, 15) is 0 Å². The van der Waals surface area contributed by atoms with Crippen LogP contribution in [0.25, 0.3) is 0 Å². The molecule has 1 aromatic heterocycles. The maximum atomic E-state index is 4.42. The minimum atomic E-state index is 1.05. The van der Waals surface area contributed by atoms with E-state index in [1.54, 1.807) is 0 Å². The summed E-state index contributed by atoms with van der Waals surface area (Å²) >= 11 is 0. The Morgan fingerprint density at radius 3 is 2.22 bits per heavy atom. The first-order chi connectivity index (χ1) is 11.2. The Labute approximate surface area is 140 Å². The van der Waals surface area contributed by atoms with Gasteiger partial charge in [-0.15, -0.1) is 0 Å². The quantitative estimate of drug-likeness (QED) is 0.846. The fraction of sp³-hybridized carbons (Fsp3) is 0.450. The van der Waals surface area contributed by atoms with Crippen molar-refractivity contribution in [1.29, 1.82) is 0 Å². The van der Waals surface area contributed by atoms with Gasteiger partial charge in [-0.05, 0) is 42.7 Å². The van der Waals surface area contributed by atoms with E-state index in [1.807, 2.05) is 12.3 Å². The summed E-state index contributed by atoms with van der Waals surface area (Å²) in [5, 5.41) is 0. The van der Waals surface area contributed by atoms with E-state index >= 15 is 0 Å². The van der Waals surface area contributed by atoms with Crippen LogP contribution in [0.15, 0.2) is 42.6 Å². The molecule has 0 amide bonds. The first-order valence-electron chi connectivity index (χ1n) is 8.62. The van der Waals surface area contributed by atoms with Crippen LogP contribution >= 0.6 is 0 Å². The van der Waals surface area contributed by atoms with Crippen molar-refractivity contribution in [3.05, 3.63) is 65.0 Å². The summed E-state index contributed by atoms with van der Waals surface area (Å²) in [5.74, 6) is 0. The molecule has 0 bridgehead atoms. The molecule has 2 aromatic rings. The number of nitrogens with zero attached hydrogens (tertiary/aromatic N) is 3. The van der Waals surface area contributed by atoms with Gasteiger partial charge in [-0.2, -0.15) is 0 Å². The van der Waals surface area contributed by atoms with Gasteiger partial charge < -0.3 is 4.90 Å². The van der Waals surface area contributed by atoms with Crippen LogP contribution < -0.4 is 0 Å². The molecule has 122 valence electrons.